The van der Waals surface area contributed by atoms with E-state index in [4.69, 9.17) is 0 Å². The van der Waals surface area contributed by atoms with Crippen molar-refractivity contribution in [3.63, 3.8) is 0 Å². The number of benzene rings is 2. The largest absolute Gasteiger partial charge is 0.273 e. The van der Waals surface area contributed by atoms with Gasteiger partial charge in [0, 0.05) is 17.2 Å². The molecule has 0 fully saturated rings. The van der Waals surface area contributed by atoms with E-state index in [-0.39, 0.29) is 11.3 Å². The zero-order valence-electron chi connectivity index (χ0n) is 12.2. The number of amides is 1. The lowest BCUT2D eigenvalue weighted by Gasteiger charge is -2.02. The standard InChI is InChI=1S/C16H15N3O3/c1-11-3-6-13(7-4-11)10-17-18-16(20)14-8-5-12(2)15(9-14)19(21)22/h3-10H,1-2H3,(H,18,20)/b17-10+. The van der Waals surface area contributed by atoms with Gasteiger partial charge in [0.1, 0.15) is 0 Å². The number of hydrogen-bond donors (Lipinski definition) is 1. The smallest absolute Gasteiger partial charge is 0.267 e. The fraction of sp³-hybridized carbons (Fsp3) is 0.125. The van der Waals surface area contributed by atoms with Gasteiger partial charge in [-0.25, -0.2) is 5.43 Å². The maximum atomic E-state index is 11.9. The van der Waals surface area contributed by atoms with Crippen LogP contribution in [0.15, 0.2) is 47.6 Å². The van der Waals surface area contributed by atoms with Gasteiger partial charge in [-0.15, -0.1) is 0 Å². The normalized spacial score (nSPS) is 10.6. The Balaban J connectivity index is 2.08. The molecule has 22 heavy (non-hydrogen) atoms. The highest BCUT2D eigenvalue weighted by Crippen LogP contribution is 2.19. The number of nitro groups is 1. The van der Waals surface area contributed by atoms with Crippen LogP contribution in [0.4, 0.5) is 5.69 Å². The minimum Gasteiger partial charge on any atom is -0.267 e. The van der Waals surface area contributed by atoms with E-state index in [0.717, 1.165) is 11.1 Å². The third-order valence-electron chi connectivity index (χ3n) is 3.13. The Kier molecular flexibility index (Phi) is 4.63. The predicted molar refractivity (Wildman–Crippen MR) is 84.1 cm³/mol. The van der Waals surface area contributed by atoms with Crippen LogP contribution < -0.4 is 5.43 Å². The molecule has 1 amide bonds. The second-order valence-corrected chi connectivity index (χ2v) is 4.87. The van der Waals surface area contributed by atoms with Crippen LogP contribution in [0.3, 0.4) is 0 Å². The van der Waals surface area contributed by atoms with E-state index >= 15 is 0 Å². The van der Waals surface area contributed by atoms with Crippen LogP contribution in [-0.2, 0) is 0 Å². The van der Waals surface area contributed by atoms with Gasteiger partial charge in [0.2, 0.25) is 0 Å². The molecule has 0 radical (unpaired) electrons. The first kappa shape index (κ1) is 15.4. The molecule has 0 saturated carbocycles. The van der Waals surface area contributed by atoms with Crippen LogP contribution in [0.5, 0.6) is 0 Å². The molecule has 6 nitrogen and oxygen atoms in total. The van der Waals surface area contributed by atoms with Crippen LogP contribution in [-0.4, -0.2) is 17.0 Å². The van der Waals surface area contributed by atoms with E-state index in [1.54, 1.807) is 6.92 Å². The van der Waals surface area contributed by atoms with Crippen molar-refractivity contribution in [3.8, 4) is 0 Å². The maximum absolute atomic E-state index is 11.9. The lowest BCUT2D eigenvalue weighted by atomic mass is 10.1. The van der Waals surface area contributed by atoms with Gasteiger partial charge in [-0.3, -0.25) is 14.9 Å². The SMILES string of the molecule is Cc1ccc(/C=N/NC(=O)c2ccc(C)c([N+](=O)[O-])c2)cc1. The molecular formula is C16H15N3O3. The third kappa shape index (κ3) is 3.76. The summed E-state index contributed by atoms with van der Waals surface area (Å²) < 4.78 is 0. The Morgan fingerprint density at radius 2 is 1.86 bits per heavy atom. The van der Waals surface area contributed by atoms with Gasteiger partial charge in [-0.2, -0.15) is 5.10 Å². The molecule has 0 spiro atoms. The first-order valence-corrected chi connectivity index (χ1v) is 6.62. The van der Waals surface area contributed by atoms with Crippen LogP contribution in [0.2, 0.25) is 0 Å². The van der Waals surface area contributed by atoms with Crippen LogP contribution >= 0.6 is 0 Å². The molecule has 0 saturated heterocycles. The number of nitrogens with one attached hydrogen (secondary N) is 1. The summed E-state index contributed by atoms with van der Waals surface area (Å²) in [4.78, 5) is 22.3. The molecule has 2 rings (SSSR count). The van der Waals surface area contributed by atoms with Gasteiger partial charge in [0.25, 0.3) is 11.6 Å². The number of carbonyl (C=O) groups excluding carboxylic acids is 1. The number of nitro benzene ring substituents is 1. The summed E-state index contributed by atoms with van der Waals surface area (Å²) in [5.74, 6) is -0.494. The maximum Gasteiger partial charge on any atom is 0.273 e. The summed E-state index contributed by atoms with van der Waals surface area (Å²) in [5, 5.41) is 14.7. The summed E-state index contributed by atoms with van der Waals surface area (Å²) in [6.45, 7) is 3.60. The van der Waals surface area contributed by atoms with Crippen molar-refractivity contribution >= 4 is 17.8 Å². The van der Waals surface area contributed by atoms with Gasteiger partial charge in [-0.05, 0) is 25.5 Å². The Bertz CT molecular complexity index is 737. The number of aryl methyl sites for hydroxylation is 2. The minimum atomic E-state index is -0.512. The Morgan fingerprint density at radius 1 is 1.18 bits per heavy atom. The molecule has 2 aromatic carbocycles. The van der Waals surface area contributed by atoms with Crippen molar-refractivity contribution < 1.29 is 9.72 Å². The highest BCUT2D eigenvalue weighted by Gasteiger charge is 2.14. The molecular weight excluding hydrogens is 282 g/mol. The third-order valence-corrected chi connectivity index (χ3v) is 3.13. The second kappa shape index (κ2) is 6.62. The summed E-state index contributed by atoms with van der Waals surface area (Å²) in [5.41, 5.74) is 4.95. The summed E-state index contributed by atoms with van der Waals surface area (Å²) in [6, 6.07) is 11.9. The zero-order chi connectivity index (χ0) is 16.1. The fourth-order valence-corrected chi connectivity index (χ4v) is 1.83. The van der Waals surface area contributed by atoms with E-state index < -0.39 is 10.8 Å². The Labute approximate surface area is 127 Å². The number of hydrazone groups is 1. The number of nitrogens with zero attached hydrogens (tertiary/aromatic N) is 2. The first-order valence-electron chi connectivity index (χ1n) is 6.62. The average molecular weight is 297 g/mol. The van der Waals surface area contributed by atoms with Crippen molar-refractivity contribution in [2.24, 2.45) is 5.10 Å². The Hall–Kier alpha value is -3.02. The van der Waals surface area contributed by atoms with Crippen molar-refractivity contribution in [2.75, 3.05) is 0 Å². The van der Waals surface area contributed by atoms with Crippen molar-refractivity contribution in [2.45, 2.75) is 13.8 Å². The molecule has 0 aliphatic heterocycles. The van der Waals surface area contributed by atoms with E-state index in [1.807, 2.05) is 31.2 Å². The number of hydrogen-bond acceptors (Lipinski definition) is 4. The quantitative estimate of drug-likeness (QED) is 0.535. The van der Waals surface area contributed by atoms with Crippen molar-refractivity contribution in [3.05, 3.63) is 74.8 Å². The monoisotopic (exact) mass is 297 g/mol. The van der Waals surface area contributed by atoms with E-state index in [0.29, 0.717) is 5.56 Å². The highest BCUT2D eigenvalue weighted by atomic mass is 16.6. The molecule has 2 aromatic rings. The molecule has 1 N–H and O–H groups in total. The molecule has 0 aliphatic rings. The number of rotatable bonds is 4. The van der Waals surface area contributed by atoms with Gasteiger partial charge in [0.05, 0.1) is 11.1 Å². The fourth-order valence-electron chi connectivity index (χ4n) is 1.83. The van der Waals surface area contributed by atoms with Crippen molar-refractivity contribution in [1.82, 2.24) is 5.43 Å². The van der Waals surface area contributed by atoms with Gasteiger partial charge < -0.3 is 0 Å². The average Bonchev–Trinajstić information content (AvgIpc) is 2.49. The van der Waals surface area contributed by atoms with Crippen LogP contribution in [0, 0.1) is 24.0 Å². The summed E-state index contributed by atoms with van der Waals surface area (Å²) in [6.07, 6.45) is 1.51. The van der Waals surface area contributed by atoms with Gasteiger partial charge >= 0.3 is 0 Å². The van der Waals surface area contributed by atoms with E-state index in [2.05, 4.69) is 10.5 Å². The molecule has 0 heterocycles. The molecule has 0 bridgehead atoms. The van der Waals surface area contributed by atoms with Crippen LogP contribution in [0.25, 0.3) is 0 Å². The lowest BCUT2D eigenvalue weighted by Crippen LogP contribution is -2.17. The topological polar surface area (TPSA) is 84.6 Å². The molecule has 0 atom stereocenters. The second-order valence-electron chi connectivity index (χ2n) is 4.87. The molecule has 0 aliphatic carbocycles. The first-order chi connectivity index (χ1) is 10.5. The van der Waals surface area contributed by atoms with Gasteiger partial charge in [0.15, 0.2) is 0 Å². The molecule has 0 aromatic heterocycles. The van der Waals surface area contributed by atoms with E-state index in [1.165, 1.54) is 24.4 Å². The molecule has 0 unspecified atom stereocenters. The van der Waals surface area contributed by atoms with Crippen molar-refractivity contribution in [1.29, 1.82) is 0 Å². The zero-order valence-corrected chi connectivity index (χ0v) is 12.2. The summed E-state index contributed by atoms with van der Waals surface area (Å²) in [7, 11) is 0. The number of carbonyl (C=O) groups is 1. The van der Waals surface area contributed by atoms with E-state index in [9.17, 15) is 14.9 Å². The summed E-state index contributed by atoms with van der Waals surface area (Å²) >= 11 is 0. The minimum absolute atomic E-state index is 0.0878. The highest BCUT2D eigenvalue weighted by molar-refractivity contribution is 5.95. The predicted octanol–water partition coefficient (Wildman–Crippen LogP) is 2.98. The Morgan fingerprint density at radius 3 is 2.50 bits per heavy atom. The van der Waals surface area contributed by atoms with Gasteiger partial charge in [-0.1, -0.05) is 35.9 Å². The molecule has 6 heteroatoms. The lowest BCUT2D eigenvalue weighted by molar-refractivity contribution is -0.385. The molecule has 112 valence electrons. The van der Waals surface area contributed by atoms with Crippen LogP contribution in [0.1, 0.15) is 27.0 Å².